The number of nitriles is 1. The van der Waals surface area contributed by atoms with E-state index in [9.17, 15) is 14.4 Å². The molecule has 7 nitrogen and oxygen atoms in total. The summed E-state index contributed by atoms with van der Waals surface area (Å²) in [5, 5.41) is 27.2. The second-order valence-electron chi connectivity index (χ2n) is 4.19. The molecule has 7 heteroatoms. The minimum atomic E-state index is -1.47. The Hall–Kier alpha value is -3.14. The fourth-order valence-corrected chi connectivity index (χ4v) is 1.67. The minimum absolute atomic E-state index is 0.0580. The maximum atomic E-state index is 11.7. The summed E-state index contributed by atoms with van der Waals surface area (Å²) < 4.78 is 4.80. The van der Waals surface area contributed by atoms with Gasteiger partial charge < -0.3 is 14.9 Å². The van der Waals surface area contributed by atoms with Crippen molar-refractivity contribution in [2.75, 3.05) is 6.61 Å². The second kappa shape index (κ2) is 7.59. The standard InChI is InChI=1S/C15H13NO6/c1-2-6-22-15(21)10(8-16)7-9-4-3-5-11(13(17)18)12(9)14(19)20/h3-5,7H,2,6H2,1H3,(H,17,18)(H,19,20). The molecule has 0 saturated heterocycles. The van der Waals surface area contributed by atoms with Gasteiger partial charge in [0.15, 0.2) is 0 Å². The van der Waals surface area contributed by atoms with E-state index in [0.717, 1.165) is 12.1 Å². The Morgan fingerprint density at radius 2 is 1.95 bits per heavy atom. The number of carboxylic acids is 2. The third kappa shape index (κ3) is 3.93. The van der Waals surface area contributed by atoms with Crippen LogP contribution in [0.25, 0.3) is 6.08 Å². The largest absolute Gasteiger partial charge is 0.478 e. The molecule has 0 aromatic heterocycles. The van der Waals surface area contributed by atoms with Gasteiger partial charge in [-0.25, -0.2) is 14.4 Å². The van der Waals surface area contributed by atoms with Gasteiger partial charge in [-0.05, 0) is 24.1 Å². The van der Waals surface area contributed by atoms with Crippen LogP contribution in [0.4, 0.5) is 0 Å². The monoisotopic (exact) mass is 303 g/mol. The minimum Gasteiger partial charge on any atom is -0.478 e. The van der Waals surface area contributed by atoms with Crippen LogP contribution < -0.4 is 0 Å². The van der Waals surface area contributed by atoms with Gasteiger partial charge in [0.05, 0.1) is 17.7 Å². The SMILES string of the molecule is CCCOC(=O)C(C#N)=Cc1cccc(C(=O)O)c1C(=O)O. The summed E-state index contributed by atoms with van der Waals surface area (Å²) >= 11 is 0. The van der Waals surface area contributed by atoms with E-state index in [2.05, 4.69) is 0 Å². The van der Waals surface area contributed by atoms with Crippen LogP contribution in [0.15, 0.2) is 23.8 Å². The average molecular weight is 303 g/mol. The zero-order valence-corrected chi connectivity index (χ0v) is 11.7. The Morgan fingerprint density at radius 3 is 2.45 bits per heavy atom. The predicted octanol–water partition coefficient (Wildman–Crippen LogP) is 1.94. The molecule has 0 amide bonds. The number of hydrogen-bond donors (Lipinski definition) is 2. The van der Waals surface area contributed by atoms with Crippen LogP contribution in [0.1, 0.15) is 39.6 Å². The molecule has 0 aliphatic rings. The van der Waals surface area contributed by atoms with Crippen molar-refractivity contribution in [3.8, 4) is 6.07 Å². The normalized spacial score (nSPS) is 10.6. The third-order valence-electron chi connectivity index (χ3n) is 2.62. The van der Waals surface area contributed by atoms with Crippen molar-refractivity contribution in [2.45, 2.75) is 13.3 Å². The lowest BCUT2D eigenvalue weighted by Crippen LogP contribution is -2.11. The molecule has 1 aromatic rings. The van der Waals surface area contributed by atoms with Gasteiger partial charge in [-0.3, -0.25) is 0 Å². The van der Waals surface area contributed by atoms with Crippen LogP contribution in [0.3, 0.4) is 0 Å². The van der Waals surface area contributed by atoms with Gasteiger partial charge >= 0.3 is 17.9 Å². The first-order chi connectivity index (χ1) is 10.4. The number of hydrogen-bond acceptors (Lipinski definition) is 5. The molecule has 0 heterocycles. The van der Waals surface area contributed by atoms with Gasteiger partial charge in [-0.1, -0.05) is 19.1 Å². The van der Waals surface area contributed by atoms with Crippen molar-refractivity contribution in [2.24, 2.45) is 0 Å². The summed E-state index contributed by atoms with van der Waals surface area (Å²) in [7, 11) is 0. The van der Waals surface area contributed by atoms with E-state index >= 15 is 0 Å². The van der Waals surface area contributed by atoms with Gasteiger partial charge in [0.2, 0.25) is 0 Å². The number of carbonyl (C=O) groups excluding carboxylic acids is 1. The molecule has 114 valence electrons. The molecule has 0 unspecified atom stereocenters. The van der Waals surface area contributed by atoms with Crippen LogP contribution in [-0.4, -0.2) is 34.7 Å². The molecule has 0 saturated carbocycles. The first-order valence-electron chi connectivity index (χ1n) is 6.30. The topological polar surface area (TPSA) is 125 Å². The van der Waals surface area contributed by atoms with Crippen LogP contribution in [0, 0.1) is 11.3 Å². The molecular formula is C15H13NO6. The maximum absolute atomic E-state index is 11.7. The number of carboxylic acid groups (broad SMARTS) is 2. The summed E-state index contributed by atoms with van der Waals surface area (Å²) in [6, 6.07) is 5.38. The second-order valence-corrected chi connectivity index (χ2v) is 4.19. The van der Waals surface area contributed by atoms with Gasteiger partial charge in [0.25, 0.3) is 0 Å². The lowest BCUT2D eigenvalue weighted by molar-refractivity contribution is -0.138. The Kier molecular flexibility index (Phi) is 5.84. The first-order valence-corrected chi connectivity index (χ1v) is 6.30. The molecule has 0 spiro atoms. The molecule has 0 atom stereocenters. The average Bonchev–Trinajstić information content (AvgIpc) is 2.49. The number of rotatable bonds is 6. The summed E-state index contributed by atoms with van der Waals surface area (Å²) in [4.78, 5) is 34.0. The highest BCUT2D eigenvalue weighted by atomic mass is 16.5. The van der Waals surface area contributed by atoms with Crippen molar-refractivity contribution in [1.82, 2.24) is 0 Å². The van der Waals surface area contributed by atoms with Gasteiger partial charge in [0.1, 0.15) is 11.6 Å². The van der Waals surface area contributed by atoms with E-state index in [1.54, 1.807) is 13.0 Å². The predicted molar refractivity (Wildman–Crippen MR) is 75.2 cm³/mol. The van der Waals surface area contributed by atoms with E-state index in [4.69, 9.17) is 20.2 Å². The lowest BCUT2D eigenvalue weighted by atomic mass is 9.99. The van der Waals surface area contributed by atoms with Gasteiger partial charge in [-0.15, -0.1) is 0 Å². The van der Waals surface area contributed by atoms with Crippen molar-refractivity contribution < 1.29 is 29.3 Å². The Bertz CT molecular complexity index is 684. The van der Waals surface area contributed by atoms with E-state index < -0.39 is 34.6 Å². The molecule has 1 rings (SSSR count). The van der Waals surface area contributed by atoms with Crippen molar-refractivity contribution in [3.05, 3.63) is 40.5 Å². The fourth-order valence-electron chi connectivity index (χ4n) is 1.67. The zero-order chi connectivity index (χ0) is 16.7. The van der Waals surface area contributed by atoms with Crippen molar-refractivity contribution >= 4 is 24.0 Å². The van der Waals surface area contributed by atoms with Gasteiger partial charge in [-0.2, -0.15) is 5.26 Å². The van der Waals surface area contributed by atoms with E-state index in [1.807, 2.05) is 0 Å². The van der Waals surface area contributed by atoms with Crippen LogP contribution in [0.2, 0.25) is 0 Å². The number of ether oxygens (including phenoxy) is 1. The molecule has 0 aliphatic carbocycles. The lowest BCUT2D eigenvalue weighted by Gasteiger charge is -2.06. The molecular weight excluding hydrogens is 290 g/mol. The van der Waals surface area contributed by atoms with E-state index in [-0.39, 0.29) is 12.2 Å². The number of carbonyl (C=O) groups is 3. The highest BCUT2D eigenvalue weighted by Gasteiger charge is 2.20. The number of benzene rings is 1. The van der Waals surface area contributed by atoms with Crippen LogP contribution in [-0.2, 0) is 9.53 Å². The number of nitrogens with zero attached hydrogens (tertiary/aromatic N) is 1. The summed E-state index contributed by atoms with van der Waals surface area (Å²) in [5.41, 5.74) is -1.39. The first kappa shape index (κ1) is 16.9. The number of aromatic carboxylic acids is 2. The molecule has 1 aromatic carbocycles. The molecule has 22 heavy (non-hydrogen) atoms. The number of esters is 1. The van der Waals surface area contributed by atoms with Crippen molar-refractivity contribution in [3.63, 3.8) is 0 Å². The Balaban J connectivity index is 3.37. The van der Waals surface area contributed by atoms with E-state index in [1.165, 1.54) is 12.1 Å². The fraction of sp³-hybridized carbons (Fsp3) is 0.200. The molecule has 0 aliphatic heterocycles. The van der Waals surface area contributed by atoms with Crippen molar-refractivity contribution in [1.29, 1.82) is 5.26 Å². The van der Waals surface area contributed by atoms with Crippen LogP contribution >= 0.6 is 0 Å². The van der Waals surface area contributed by atoms with Crippen LogP contribution in [0.5, 0.6) is 0 Å². The summed E-state index contributed by atoms with van der Waals surface area (Å²) in [6.07, 6.45) is 1.58. The third-order valence-corrected chi connectivity index (χ3v) is 2.62. The Morgan fingerprint density at radius 1 is 1.27 bits per heavy atom. The quantitative estimate of drug-likeness (QED) is 0.467. The zero-order valence-electron chi connectivity index (χ0n) is 11.7. The Labute approximate surface area is 126 Å². The summed E-state index contributed by atoms with van der Waals surface area (Å²) in [5.74, 6) is -3.77. The smallest absolute Gasteiger partial charge is 0.348 e. The summed E-state index contributed by atoms with van der Waals surface area (Å²) in [6.45, 7) is 1.90. The highest BCUT2D eigenvalue weighted by molar-refractivity contribution is 6.06. The molecule has 2 N–H and O–H groups in total. The molecule has 0 radical (unpaired) electrons. The maximum Gasteiger partial charge on any atom is 0.348 e. The molecule has 0 fully saturated rings. The van der Waals surface area contributed by atoms with E-state index in [0.29, 0.717) is 6.42 Å². The highest BCUT2D eigenvalue weighted by Crippen LogP contribution is 2.19. The van der Waals surface area contributed by atoms with Gasteiger partial charge in [0, 0.05) is 0 Å². The molecule has 0 bridgehead atoms.